The fourth-order valence-corrected chi connectivity index (χ4v) is 2.13. The largest absolute Gasteiger partial charge is 0.374 e. The second-order valence-corrected chi connectivity index (χ2v) is 4.73. The van der Waals surface area contributed by atoms with Crippen LogP contribution in [0.15, 0.2) is 24.3 Å². The van der Waals surface area contributed by atoms with Crippen molar-refractivity contribution in [1.29, 1.82) is 0 Å². The SMILES string of the molecule is CC(c1ccc(Cl)cc1)c1nnc(N)s1. The van der Waals surface area contributed by atoms with Crippen molar-refractivity contribution in [1.82, 2.24) is 10.2 Å². The third kappa shape index (κ3) is 2.27. The Morgan fingerprint density at radius 2 is 1.93 bits per heavy atom. The third-order valence-electron chi connectivity index (χ3n) is 2.20. The summed E-state index contributed by atoms with van der Waals surface area (Å²) in [5, 5.41) is 10.00. The van der Waals surface area contributed by atoms with Gasteiger partial charge < -0.3 is 5.73 Å². The number of anilines is 1. The van der Waals surface area contributed by atoms with E-state index in [-0.39, 0.29) is 5.92 Å². The van der Waals surface area contributed by atoms with E-state index >= 15 is 0 Å². The molecule has 2 rings (SSSR count). The number of nitrogens with zero attached hydrogens (tertiary/aromatic N) is 2. The molecule has 0 saturated heterocycles. The Balaban J connectivity index is 2.28. The minimum Gasteiger partial charge on any atom is -0.374 e. The Hall–Kier alpha value is -1.13. The van der Waals surface area contributed by atoms with Crippen LogP contribution in [0.4, 0.5) is 5.13 Å². The lowest BCUT2D eigenvalue weighted by Gasteiger charge is -2.07. The first-order valence-electron chi connectivity index (χ1n) is 4.51. The quantitative estimate of drug-likeness (QED) is 0.877. The van der Waals surface area contributed by atoms with Crippen LogP contribution >= 0.6 is 22.9 Å². The number of nitrogen functional groups attached to an aromatic ring is 1. The van der Waals surface area contributed by atoms with Crippen molar-refractivity contribution in [3.63, 3.8) is 0 Å². The molecule has 1 aromatic carbocycles. The summed E-state index contributed by atoms with van der Waals surface area (Å²) < 4.78 is 0. The lowest BCUT2D eigenvalue weighted by molar-refractivity contribution is 0.869. The zero-order chi connectivity index (χ0) is 10.8. The third-order valence-corrected chi connectivity index (χ3v) is 3.38. The van der Waals surface area contributed by atoms with Crippen LogP contribution in [0.1, 0.15) is 23.4 Å². The summed E-state index contributed by atoms with van der Waals surface area (Å²) in [5.41, 5.74) is 6.70. The van der Waals surface area contributed by atoms with Gasteiger partial charge in [-0.1, -0.05) is 42.0 Å². The second-order valence-electron chi connectivity index (χ2n) is 3.25. The van der Waals surface area contributed by atoms with Gasteiger partial charge in [-0.25, -0.2) is 0 Å². The van der Waals surface area contributed by atoms with E-state index in [1.165, 1.54) is 11.3 Å². The molecule has 0 bridgehead atoms. The van der Waals surface area contributed by atoms with Crippen molar-refractivity contribution >= 4 is 28.1 Å². The highest BCUT2D eigenvalue weighted by molar-refractivity contribution is 7.15. The number of rotatable bonds is 2. The highest BCUT2D eigenvalue weighted by Crippen LogP contribution is 2.28. The van der Waals surface area contributed by atoms with E-state index in [1.807, 2.05) is 24.3 Å². The summed E-state index contributed by atoms with van der Waals surface area (Å²) in [6.07, 6.45) is 0. The van der Waals surface area contributed by atoms with E-state index in [1.54, 1.807) is 0 Å². The molecule has 1 aromatic heterocycles. The predicted octanol–water partition coefficient (Wildman–Crippen LogP) is 2.93. The van der Waals surface area contributed by atoms with Crippen molar-refractivity contribution in [3.8, 4) is 0 Å². The number of benzene rings is 1. The van der Waals surface area contributed by atoms with Gasteiger partial charge in [0.25, 0.3) is 0 Å². The second kappa shape index (κ2) is 4.16. The molecule has 0 saturated carbocycles. The van der Waals surface area contributed by atoms with Gasteiger partial charge in [-0.2, -0.15) is 0 Å². The predicted molar refractivity (Wildman–Crippen MR) is 63.3 cm³/mol. The van der Waals surface area contributed by atoms with Gasteiger partial charge in [-0.05, 0) is 17.7 Å². The average molecular weight is 240 g/mol. The topological polar surface area (TPSA) is 51.8 Å². The highest BCUT2D eigenvalue weighted by atomic mass is 35.5. The maximum absolute atomic E-state index is 5.82. The van der Waals surface area contributed by atoms with Gasteiger partial charge in [0.05, 0.1) is 0 Å². The Labute approximate surface area is 96.9 Å². The molecule has 2 aromatic rings. The van der Waals surface area contributed by atoms with Crippen LogP contribution in [0.5, 0.6) is 0 Å². The molecule has 0 fully saturated rings. The number of aromatic nitrogens is 2. The number of halogens is 1. The summed E-state index contributed by atoms with van der Waals surface area (Å²) in [7, 11) is 0. The van der Waals surface area contributed by atoms with Crippen molar-refractivity contribution in [2.45, 2.75) is 12.8 Å². The van der Waals surface area contributed by atoms with Crippen LogP contribution in [-0.2, 0) is 0 Å². The molecule has 0 radical (unpaired) electrons. The van der Waals surface area contributed by atoms with Crippen molar-refractivity contribution in [2.24, 2.45) is 0 Å². The summed E-state index contributed by atoms with van der Waals surface area (Å²) in [6, 6.07) is 7.73. The highest BCUT2D eigenvalue weighted by Gasteiger charge is 2.12. The zero-order valence-corrected chi connectivity index (χ0v) is 9.72. The van der Waals surface area contributed by atoms with Crippen LogP contribution in [0.2, 0.25) is 5.02 Å². The molecule has 1 unspecified atom stereocenters. The molecule has 78 valence electrons. The Kier molecular flexibility index (Phi) is 2.88. The minimum absolute atomic E-state index is 0.206. The normalized spacial score (nSPS) is 12.7. The summed E-state index contributed by atoms with van der Waals surface area (Å²) >= 11 is 7.24. The van der Waals surface area contributed by atoms with Gasteiger partial charge in [0.15, 0.2) is 0 Å². The fourth-order valence-electron chi connectivity index (χ4n) is 1.32. The molecule has 2 N–H and O–H groups in total. The standard InChI is InChI=1S/C10H10ClN3S/c1-6(9-13-14-10(12)15-9)7-2-4-8(11)5-3-7/h2-6H,1H3,(H2,12,14). The molecule has 0 aliphatic rings. The lowest BCUT2D eigenvalue weighted by Crippen LogP contribution is -1.94. The van der Waals surface area contributed by atoms with Gasteiger partial charge in [-0.3, -0.25) is 0 Å². The average Bonchev–Trinajstić information content (AvgIpc) is 2.65. The Morgan fingerprint density at radius 3 is 2.47 bits per heavy atom. The maximum atomic E-state index is 5.82. The van der Waals surface area contributed by atoms with E-state index in [0.717, 1.165) is 15.6 Å². The molecular weight excluding hydrogens is 230 g/mol. The number of hydrogen-bond acceptors (Lipinski definition) is 4. The van der Waals surface area contributed by atoms with Gasteiger partial charge in [0, 0.05) is 10.9 Å². The molecule has 1 heterocycles. The van der Waals surface area contributed by atoms with Crippen molar-refractivity contribution in [2.75, 3.05) is 5.73 Å². The summed E-state index contributed by atoms with van der Waals surface area (Å²) in [4.78, 5) is 0. The molecule has 0 spiro atoms. The zero-order valence-electron chi connectivity index (χ0n) is 8.14. The molecule has 3 nitrogen and oxygen atoms in total. The monoisotopic (exact) mass is 239 g/mol. The first-order valence-corrected chi connectivity index (χ1v) is 5.70. The summed E-state index contributed by atoms with van der Waals surface area (Å²) in [6.45, 7) is 2.07. The molecule has 0 aliphatic heterocycles. The first-order chi connectivity index (χ1) is 7.16. The molecule has 1 atom stereocenters. The summed E-state index contributed by atoms with van der Waals surface area (Å²) in [5.74, 6) is 0.206. The van der Waals surface area contributed by atoms with Gasteiger partial charge in [0.1, 0.15) is 5.01 Å². The lowest BCUT2D eigenvalue weighted by atomic mass is 10.0. The van der Waals surface area contributed by atoms with Gasteiger partial charge in [-0.15, -0.1) is 10.2 Å². The molecule has 5 heteroatoms. The fraction of sp³-hybridized carbons (Fsp3) is 0.200. The van der Waals surface area contributed by atoms with Crippen LogP contribution < -0.4 is 5.73 Å². The minimum atomic E-state index is 0.206. The molecule has 15 heavy (non-hydrogen) atoms. The molecule has 0 amide bonds. The maximum Gasteiger partial charge on any atom is 0.203 e. The Bertz CT molecular complexity index is 452. The first kappa shape index (κ1) is 10.4. The van der Waals surface area contributed by atoms with E-state index in [2.05, 4.69) is 17.1 Å². The van der Waals surface area contributed by atoms with Crippen LogP contribution in [-0.4, -0.2) is 10.2 Å². The Morgan fingerprint density at radius 1 is 1.27 bits per heavy atom. The van der Waals surface area contributed by atoms with Crippen LogP contribution in [0.3, 0.4) is 0 Å². The van der Waals surface area contributed by atoms with Crippen molar-refractivity contribution in [3.05, 3.63) is 39.9 Å². The van der Waals surface area contributed by atoms with E-state index in [0.29, 0.717) is 5.13 Å². The number of nitrogens with two attached hydrogens (primary N) is 1. The molecule has 0 aliphatic carbocycles. The van der Waals surface area contributed by atoms with Crippen LogP contribution in [0, 0.1) is 0 Å². The number of hydrogen-bond donors (Lipinski definition) is 1. The smallest absolute Gasteiger partial charge is 0.203 e. The van der Waals surface area contributed by atoms with Gasteiger partial charge in [0.2, 0.25) is 5.13 Å². The van der Waals surface area contributed by atoms with Crippen LogP contribution in [0.25, 0.3) is 0 Å². The van der Waals surface area contributed by atoms with Gasteiger partial charge >= 0.3 is 0 Å². The van der Waals surface area contributed by atoms with Crippen molar-refractivity contribution < 1.29 is 0 Å². The van der Waals surface area contributed by atoms with E-state index < -0.39 is 0 Å². The van der Waals surface area contributed by atoms with E-state index in [4.69, 9.17) is 17.3 Å². The van der Waals surface area contributed by atoms with E-state index in [9.17, 15) is 0 Å². The molecular formula is C10H10ClN3S.